The van der Waals surface area contributed by atoms with Crippen LogP contribution >= 0.6 is 0 Å². The van der Waals surface area contributed by atoms with E-state index in [0.717, 1.165) is 17.7 Å². The van der Waals surface area contributed by atoms with E-state index in [9.17, 15) is 14.4 Å². The molecule has 0 unspecified atom stereocenters. The van der Waals surface area contributed by atoms with Gasteiger partial charge in [-0.15, -0.1) is 0 Å². The molecule has 0 aromatic heterocycles. The van der Waals surface area contributed by atoms with Crippen LogP contribution in [0.4, 0.5) is 0 Å². The second kappa shape index (κ2) is 9.28. The van der Waals surface area contributed by atoms with Crippen LogP contribution < -0.4 is 5.32 Å². The minimum atomic E-state index is -0.335. The number of nitrogens with one attached hydrogen (secondary N) is 1. The third kappa shape index (κ3) is 5.99. The third-order valence-electron chi connectivity index (χ3n) is 3.32. The summed E-state index contributed by atoms with van der Waals surface area (Å²) in [6.07, 6.45) is 9.74. The molecule has 0 spiro atoms. The fraction of sp³-hybridized carbons (Fsp3) is 0.667. The normalized spacial score (nSPS) is 14.2. The van der Waals surface area contributed by atoms with Crippen LogP contribution in [-0.4, -0.2) is 35.7 Å². The second-order valence-corrected chi connectivity index (χ2v) is 5.03. The molecule has 1 aliphatic rings. The number of imide groups is 1. The average Bonchev–Trinajstić information content (AvgIpc) is 2.75. The number of nitrogens with zero attached hydrogens (tertiary/aromatic N) is 1. The lowest BCUT2D eigenvalue weighted by molar-refractivity contribution is -0.137. The first kappa shape index (κ1) is 16.4. The van der Waals surface area contributed by atoms with E-state index in [1.165, 1.54) is 37.8 Å². The summed E-state index contributed by atoms with van der Waals surface area (Å²) in [6.45, 7) is 3.02. The Morgan fingerprint density at radius 1 is 1.05 bits per heavy atom. The first-order valence-corrected chi connectivity index (χ1v) is 7.45. The molecular formula is C15H24N2O3. The molecular weight excluding hydrogens is 256 g/mol. The molecule has 0 aromatic rings. The summed E-state index contributed by atoms with van der Waals surface area (Å²) in [4.78, 5) is 35.2. The van der Waals surface area contributed by atoms with Crippen molar-refractivity contribution < 1.29 is 14.4 Å². The number of carbonyl (C=O) groups excluding carboxylic acids is 3. The van der Waals surface area contributed by atoms with E-state index < -0.39 is 0 Å². The lowest BCUT2D eigenvalue weighted by Gasteiger charge is -2.13. The topological polar surface area (TPSA) is 66.5 Å². The van der Waals surface area contributed by atoms with Gasteiger partial charge in [0.2, 0.25) is 5.91 Å². The fourth-order valence-electron chi connectivity index (χ4n) is 2.09. The van der Waals surface area contributed by atoms with Crippen molar-refractivity contribution in [3.05, 3.63) is 12.2 Å². The highest BCUT2D eigenvalue weighted by Gasteiger charge is 2.23. The van der Waals surface area contributed by atoms with Crippen molar-refractivity contribution in [1.82, 2.24) is 10.2 Å². The lowest BCUT2D eigenvalue weighted by Crippen LogP contribution is -2.34. The van der Waals surface area contributed by atoms with Crippen LogP contribution in [0.25, 0.3) is 0 Å². The minimum absolute atomic E-state index is 0.106. The summed E-state index contributed by atoms with van der Waals surface area (Å²) in [7, 11) is 0. The molecule has 1 aliphatic heterocycles. The van der Waals surface area contributed by atoms with Crippen LogP contribution in [0.1, 0.15) is 51.9 Å². The van der Waals surface area contributed by atoms with Crippen molar-refractivity contribution in [1.29, 1.82) is 0 Å². The van der Waals surface area contributed by atoms with Gasteiger partial charge in [0.15, 0.2) is 0 Å². The Morgan fingerprint density at radius 2 is 1.65 bits per heavy atom. The van der Waals surface area contributed by atoms with Crippen molar-refractivity contribution in [3.8, 4) is 0 Å². The van der Waals surface area contributed by atoms with E-state index in [-0.39, 0.29) is 30.7 Å². The molecule has 0 saturated carbocycles. The maximum atomic E-state index is 11.6. The standard InChI is InChI=1S/C15H24N2O3/c1-2-3-4-5-6-7-11-16-13(18)10-12-17-14(19)8-9-15(17)20/h8-9H,2-7,10-12H2,1H3,(H,16,18). The molecule has 5 heteroatoms. The molecule has 0 aliphatic carbocycles. The Balaban J connectivity index is 2.01. The summed E-state index contributed by atoms with van der Waals surface area (Å²) in [5.41, 5.74) is 0. The van der Waals surface area contributed by atoms with Gasteiger partial charge in [-0.25, -0.2) is 0 Å². The summed E-state index contributed by atoms with van der Waals surface area (Å²) >= 11 is 0. The molecule has 0 fully saturated rings. The van der Waals surface area contributed by atoms with E-state index in [0.29, 0.717) is 6.54 Å². The quantitative estimate of drug-likeness (QED) is 0.490. The van der Waals surface area contributed by atoms with Crippen LogP contribution in [0.3, 0.4) is 0 Å². The summed E-state index contributed by atoms with van der Waals surface area (Å²) < 4.78 is 0. The summed E-state index contributed by atoms with van der Waals surface area (Å²) in [5, 5.41) is 2.82. The van der Waals surface area contributed by atoms with Gasteiger partial charge in [-0.05, 0) is 6.42 Å². The number of carbonyl (C=O) groups is 3. The van der Waals surface area contributed by atoms with Crippen LogP contribution in [0.5, 0.6) is 0 Å². The van der Waals surface area contributed by atoms with Gasteiger partial charge in [0, 0.05) is 31.7 Å². The van der Waals surface area contributed by atoms with Gasteiger partial charge >= 0.3 is 0 Å². The van der Waals surface area contributed by atoms with Gasteiger partial charge in [0.25, 0.3) is 11.8 Å². The van der Waals surface area contributed by atoms with Crippen LogP contribution in [0.2, 0.25) is 0 Å². The number of hydrogen-bond acceptors (Lipinski definition) is 3. The SMILES string of the molecule is CCCCCCCCNC(=O)CCN1C(=O)C=CC1=O. The number of rotatable bonds is 10. The Bertz CT molecular complexity index is 359. The first-order valence-electron chi connectivity index (χ1n) is 7.45. The zero-order valence-electron chi connectivity index (χ0n) is 12.2. The number of hydrogen-bond donors (Lipinski definition) is 1. The summed E-state index contributed by atoms with van der Waals surface area (Å²) in [5.74, 6) is -0.775. The smallest absolute Gasteiger partial charge is 0.253 e. The van der Waals surface area contributed by atoms with Crippen molar-refractivity contribution in [2.45, 2.75) is 51.9 Å². The Kier molecular flexibility index (Phi) is 7.62. The molecule has 0 bridgehead atoms. The maximum Gasteiger partial charge on any atom is 0.253 e. The van der Waals surface area contributed by atoms with Crippen LogP contribution in [-0.2, 0) is 14.4 Å². The highest BCUT2D eigenvalue weighted by atomic mass is 16.2. The molecule has 1 heterocycles. The zero-order valence-corrected chi connectivity index (χ0v) is 12.2. The van der Waals surface area contributed by atoms with Gasteiger partial charge in [-0.3, -0.25) is 19.3 Å². The highest BCUT2D eigenvalue weighted by molar-refractivity contribution is 6.13. The van der Waals surface area contributed by atoms with E-state index in [1.807, 2.05) is 0 Å². The van der Waals surface area contributed by atoms with Gasteiger partial charge in [-0.1, -0.05) is 39.0 Å². The fourth-order valence-corrected chi connectivity index (χ4v) is 2.09. The molecule has 0 saturated heterocycles. The molecule has 5 nitrogen and oxygen atoms in total. The third-order valence-corrected chi connectivity index (χ3v) is 3.32. The molecule has 1 N–H and O–H groups in total. The second-order valence-electron chi connectivity index (χ2n) is 5.03. The van der Waals surface area contributed by atoms with Gasteiger partial charge < -0.3 is 5.32 Å². The van der Waals surface area contributed by atoms with E-state index >= 15 is 0 Å². The van der Waals surface area contributed by atoms with Crippen molar-refractivity contribution in [2.24, 2.45) is 0 Å². The van der Waals surface area contributed by atoms with Gasteiger partial charge in [0.1, 0.15) is 0 Å². The molecule has 112 valence electrons. The van der Waals surface area contributed by atoms with E-state index in [1.54, 1.807) is 0 Å². The Hall–Kier alpha value is -1.65. The lowest BCUT2D eigenvalue weighted by atomic mass is 10.1. The van der Waals surface area contributed by atoms with Crippen molar-refractivity contribution in [3.63, 3.8) is 0 Å². The van der Waals surface area contributed by atoms with E-state index in [2.05, 4.69) is 12.2 Å². The number of unbranched alkanes of at least 4 members (excludes halogenated alkanes) is 5. The molecule has 1 rings (SSSR count). The monoisotopic (exact) mass is 280 g/mol. The minimum Gasteiger partial charge on any atom is -0.356 e. The highest BCUT2D eigenvalue weighted by Crippen LogP contribution is 2.05. The van der Waals surface area contributed by atoms with Gasteiger partial charge in [0.05, 0.1) is 0 Å². The largest absolute Gasteiger partial charge is 0.356 e. The molecule has 0 aromatic carbocycles. The molecule has 0 radical (unpaired) electrons. The van der Waals surface area contributed by atoms with Crippen LogP contribution in [0.15, 0.2) is 12.2 Å². The molecule has 0 atom stereocenters. The average molecular weight is 280 g/mol. The van der Waals surface area contributed by atoms with Gasteiger partial charge in [-0.2, -0.15) is 0 Å². The predicted octanol–water partition coefficient (Wildman–Crippen LogP) is 1.78. The molecule has 3 amide bonds. The molecule has 20 heavy (non-hydrogen) atoms. The van der Waals surface area contributed by atoms with Crippen LogP contribution in [0, 0.1) is 0 Å². The van der Waals surface area contributed by atoms with Crippen molar-refractivity contribution in [2.75, 3.05) is 13.1 Å². The predicted molar refractivity (Wildman–Crippen MR) is 76.9 cm³/mol. The Labute approximate surface area is 120 Å². The summed E-state index contributed by atoms with van der Waals surface area (Å²) in [6, 6.07) is 0. The Morgan fingerprint density at radius 3 is 2.30 bits per heavy atom. The zero-order chi connectivity index (χ0) is 14.8. The van der Waals surface area contributed by atoms with E-state index in [4.69, 9.17) is 0 Å². The maximum absolute atomic E-state index is 11.6. The number of amides is 3. The van der Waals surface area contributed by atoms with Crippen molar-refractivity contribution >= 4 is 17.7 Å². The first-order chi connectivity index (χ1) is 9.65.